The number of nitrogens with one attached hydrogen (secondary N) is 1. The van der Waals surface area contributed by atoms with Gasteiger partial charge in [-0.2, -0.15) is 0 Å². The summed E-state index contributed by atoms with van der Waals surface area (Å²) >= 11 is 3.42. The van der Waals surface area contributed by atoms with E-state index in [2.05, 4.69) is 48.7 Å². The van der Waals surface area contributed by atoms with Gasteiger partial charge >= 0.3 is 0 Å². The third-order valence-corrected chi connectivity index (χ3v) is 3.77. The smallest absolute Gasteiger partial charge is 0.158 e. The maximum atomic E-state index is 4.38. The molecule has 0 aliphatic rings. The predicted molar refractivity (Wildman–Crippen MR) is 86.0 cm³/mol. The summed E-state index contributed by atoms with van der Waals surface area (Å²) in [6, 6.07) is 8.08. The molecule has 7 heteroatoms. The molecule has 0 radical (unpaired) electrons. The van der Waals surface area contributed by atoms with Crippen LogP contribution >= 0.6 is 15.9 Å². The number of halogens is 1. The van der Waals surface area contributed by atoms with E-state index >= 15 is 0 Å². The highest BCUT2D eigenvalue weighted by molar-refractivity contribution is 9.10. The first-order valence-corrected chi connectivity index (χ1v) is 7.56. The number of fused-ring (bicyclic) bond motifs is 1. The van der Waals surface area contributed by atoms with Gasteiger partial charge in [-0.3, -0.25) is 0 Å². The van der Waals surface area contributed by atoms with Gasteiger partial charge in [-0.05, 0) is 22.4 Å². The third kappa shape index (κ3) is 2.49. The van der Waals surface area contributed by atoms with E-state index in [0.717, 1.165) is 40.9 Å². The summed E-state index contributed by atoms with van der Waals surface area (Å²) in [6.45, 7) is 2.99. The number of aromatic nitrogens is 5. The van der Waals surface area contributed by atoms with Gasteiger partial charge in [-0.25, -0.2) is 4.68 Å². The number of rotatable bonds is 4. The van der Waals surface area contributed by atoms with E-state index in [1.54, 1.807) is 4.68 Å². The minimum Gasteiger partial charge on any atom is -0.368 e. The molecule has 0 aliphatic heterocycles. The zero-order valence-electron chi connectivity index (χ0n) is 11.8. The lowest BCUT2D eigenvalue weighted by atomic mass is 10.1. The van der Waals surface area contributed by atoms with Crippen molar-refractivity contribution in [1.29, 1.82) is 0 Å². The molecule has 0 fully saturated rings. The fourth-order valence-electron chi connectivity index (χ4n) is 2.24. The molecule has 2 heterocycles. The van der Waals surface area contributed by atoms with Crippen LogP contribution in [-0.4, -0.2) is 31.7 Å². The van der Waals surface area contributed by atoms with Gasteiger partial charge in [0, 0.05) is 24.4 Å². The van der Waals surface area contributed by atoms with Gasteiger partial charge in [0.15, 0.2) is 10.4 Å². The van der Waals surface area contributed by atoms with E-state index in [-0.39, 0.29) is 0 Å². The van der Waals surface area contributed by atoms with Crippen molar-refractivity contribution in [2.45, 2.75) is 13.3 Å². The zero-order chi connectivity index (χ0) is 14.8. The molecule has 0 unspecified atom stereocenters. The number of anilines is 1. The average molecular weight is 347 g/mol. The minimum atomic E-state index is 0.665. The molecule has 108 valence electrons. The van der Waals surface area contributed by atoms with Gasteiger partial charge in [0.2, 0.25) is 0 Å². The monoisotopic (exact) mass is 346 g/mol. The maximum Gasteiger partial charge on any atom is 0.158 e. The summed E-state index contributed by atoms with van der Waals surface area (Å²) in [6.07, 6.45) is 1.04. The molecule has 21 heavy (non-hydrogen) atoms. The summed E-state index contributed by atoms with van der Waals surface area (Å²) in [5, 5.41) is 22.1. The summed E-state index contributed by atoms with van der Waals surface area (Å²) < 4.78 is 2.36. The highest BCUT2D eigenvalue weighted by Gasteiger charge is 2.17. The van der Waals surface area contributed by atoms with Crippen molar-refractivity contribution >= 4 is 32.5 Å². The fraction of sp³-hybridized carbons (Fsp3) is 0.286. The molecular formula is C14H15BrN6. The van der Waals surface area contributed by atoms with Crippen LogP contribution in [0.25, 0.3) is 22.2 Å². The molecule has 0 aliphatic carbocycles. The molecule has 0 amide bonds. The van der Waals surface area contributed by atoms with Gasteiger partial charge < -0.3 is 5.32 Å². The van der Waals surface area contributed by atoms with Crippen LogP contribution in [0.15, 0.2) is 28.9 Å². The number of hydrogen-bond acceptors (Lipinski definition) is 5. The largest absolute Gasteiger partial charge is 0.368 e. The van der Waals surface area contributed by atoms with Crippen LogP contribution in [0, 0.1) is 0 Å². The van der Waals surface area contributed by atoms with Gasteiger partial charge in [0.05, 0.1) is 0 Å². The van der Waals surface area contributed by atoms with E-state index in [1.165, 1.54) is 0 Å². The normalized spacial score (nSPS) is 11.0. The summed E-state index contributed by atoms with van der Waals surface area (Å²) in [4.78, 5) is 0. The topological polar surface area (TPSA) is 68.5 Å². The van der Waals surface area contributed by atoms with E-state index in [9.17, 15) is 0 Å². The fourth-order valence-corrected chi connectivity index (χ4v) is 2.75. The maximum absolute atomic E-state index is 4.38. The van der Waals surface area contributed by atoms with Crippen molar-refractivity contribution in [3.05, 3.63) is 28.9 Å². The molecule has 1 aromatic carbocycles. The van der Waals surface area contributed by atoms with Crippen molar-refractivity contribution in [2.75, 3.05) is 11.9 Å². The van der Waals surface area contributed by atoms with Crippen molar-refractivity contribution < 1.29 is 0 Å². The second kappa shape index (κ2) is 5.77. The number of aryl methyl sites for hydroxylation is 1. The van der Waals surface area contributed by atoms with Crippen molar-refractivity contribution in [3.8, 4) is 11.4 Å². The van der Waals surface area contributed by atoms with Crippen LogP contribution in [0.4, 0.5) is 5.82 Å². The van der Waals surface area contributed by atoms with Gasteiger partial charge in [-0.1, -0.05) is 36.4 Å². The van der Waals surface area contributed by atoms with E-state index < -0.39 is 0 Å². The molecule has 0 saturated heterocycles. The lowest BCUT2D eigenvalue weighted by molar-refractivity contribution is 0.718. The van der Waals surface area contributed by atoms with Gasteiger partial charge in [0.25, 0.3) is 0 Å². The highest BCUT2D eigenvalue weighted by atomic mass is 79.9. The van der Waals surface area contributed by atoms with E-state index in [1.807, 2.05) is 31.3 Å². The summed E-state index contributed by atoms with van der Waals surface area (Å²) in [5.74, 6) is 0.808. The first-order valence-electron chi connectivity index (χ1n) is 6.77. The van der Waals surface area contributed by atoms with Crippen molar-refractivity contribution in [3.63, 3.8) is 0 Å². The van der Waals surface area contributed by atoms with Crippen LogP contribution in [0.1, 0.15) is 13.3 Å². The van der Waals surface area contributed by atoms with E-state index in [4.69, 9.17) is 0 Å². The molecule has 3 rings (SSSR count). The molecule has 3 aromatic rings. The molecule has 0 saturated carbocycles. The summed E-state index contributed by atoms with van der Waals surface area (Å²) in [7, 11) is 1.84. The molecule has 0 bridgehead atoms. The Morgan fingerprint density at radius 1 is 1.14 bits per heavy atom. The van der Waals surface area contributed by atoms with Gasteiger partial charge in [0.1, 0.15) is 11.4 Å². The zero-order valence-corrected chi connectivity index (χ0v) is 13.4. The molecular weight excluding hydrogens is 332 g/mol. The Bertz CT molecular complexity index is 763. The molecule has 0 atom stereocenters. The Morgan fingerprint density at radius 3 is 2.57 bits per heavy atom. The quantitative estimate of drug-likeness (QED) is 0.786. The molecule has 0 spiro atoms. The van der Waals surface area contributed by atoms with Crippen LogP contribution in [-0.2, 0) is 7.05 Å². The second-order valence-corrected chi connectivity index (χ2v) is 5.47. The lowest BCUT2D eigenvalue weighted by Crippen LogP contribution is -2.05. The van der Waals surface area contributed by atoms with Crippen molar-refractivity contribution in [1.82, 2.24) is 25.2 Å². The Labute approximate surface area is 130 Å². The predicted octanol–water partition coefficient (Wildman–Crippen LogP) is 3.01. The van der Waals surface area contributed by atoms with Gasteiger partial charge in [-0.15, -0.1) is 15.3 Å². The van der Waals surface area contributed by atoms with Crippen LogP contribution in [0.3, 0.4) is 0 Å². The standard InChI is InChI=1S/C14H15BrN6/c1-3-8-16-14-10-7-5-4-6-9(10)11(17-19-14)12-13(15)18-20-21(12)2/h4-7H,3,8H2,1-2H3,(H,16,19). The average Bonchev–Trinajstić information content (AvgIpc) is 2.84. The number of benzene rings is 1. The summed E-state index contributed by atoms with van der Waals surface area (Å²) in [5.41, 5.74) is 1.59. The third-order valence-electron chi connectivity index (χ3n) is 3.24. The highest BCUT2D eigenvalue weighted by Crippen LogP contribution is 2.32. The Kier molecular flexibility index (Phi) is 3.83. The molecule has 6 nitrogen and oxygen atoms in total. The Hall–Kier alpha value is -2.02. The minimum absolute atomic E-state index is 0.665. The van der Waals surface area contributed by atoms with Crippen LogP contribution in [0.2, 0.25) is 0 Å². The van der Waals surface area contributed by atoms with Crippen LogP contribution < -0.4 is 5.32 Å². The first kappa shape index (κ1) is 13.9. The van der Waals surface area contributed by atoms with Crippen LogP contribution in [0.5, 0.6) is 0 Å². The number of hydrogen-bond donors (Lipinski definition) is 1. The lowest BCUT2D eigenvalue weighted by Gasteiger charge is -2.10. The Morgan fingerprint density at radius 2 is 1.90 bits per heavy atom. The van der Waals surface area contributed by atoms with Crippen molar-refractivity contribution in [2.24, 2.45) is 7.05 Å². The second-order valence-electron chi connectivity index (χ2n) is 4.72. The molecule has 2 aromatic heterocycles. The SMILES string of the molecule is CCCNc1nnc(-c2c(Br)nnn2C)c2ccccc12. The Balaban J connectivity index is 2.22. The molecule has 1 N–H and O–H groups in total. The van der Waals surface area contributed by atoms with E-state index in [0.29, 0.717) is 4.60 Å². The number of nitrogens with zero attached hydrogens (tertiary/aromatic N) is 5. The first-order chi connectivity index (χ1) is 10.2.